The molecule has 0 aromatic carbocycles. The number of hydrogen-bond acceptors (Lipinski definition) is 7. The van der Waals surface area contributed by atoms with Gasteiger partial charge in [-0.05, 0) is 26.8 Å². The number of nitrogens with zero attached hydrogens (tertiary/aromatic N) is 5. The number of carbonyl (C=O) groups excluding carboxylic acids is 1. The maximum atomic E-state index is 12.6. The molecule has 0 aliphatic carbocycles. The van der Waals surface area contributed by atoms with Crippen LogP contribution in [-0.2, 0) is 18.3 Å². The molecule has 3 aromatic rings. The third-order valence-corrected chi connectivity index (χ3v) is 5.58. The van der Waals surface area contributed by atoms with Crippen LogP contribution >= 0.6 is 11.3 Å². The zero-order valence-electron chi connectivity index (χ0n) is 16.5. The summed E-state index contributed by atoms with van der Waals surface area (Å²) in [4.78, 5) is 23.9. The normalized spacial score (nSPS) is 20.6. The number of morpholine rings is 1. The van der Waals surface area contributed by atoms with E-state index in [0.717, 1.165) is 42.1 Å². The molecule has 1 amide bonds. The topological polar surface area (TPSA) is 85.2 Å². The Bertz CT molecular complexity index is 1000. The SMILES string of the molecule is Cc1nn(C)c2ncc(C(=O)Nc3nc(CN4CC(C)OC(C)C4)cs3)cc12. The molecule has 1 fully saturated rings. The molecule has 0 bridgehead atoms. The fourth-order valence-corrected chi connectivity index (χ4v) is 4.38. The van der Waals surface area contributed by atoms with Crippen LogP contribution in [0.1, 0.15) is 35.6 Å². The van der Waals surface area contributed by atoms with E-state index in [1.807, 2.05) is 25.4 Å². The standard InChI is InChI=1S/C19H24N6O2S/c1-11-7-25(8-12(2)27-11)9-15-10-28-19(21-15)22-18(26)14-5-16-13(3)23-24(4)17(16)20-6-14/h5-6,10-12H,7-9H2,1-4H3,(H,21,22,26). The molecule has 3 aromatic heterocycles. The molecule has 1 aliphatic rings. The van der Waals surface area contributed by atoms with Crippen LogP contribution in [0.2, 0.25) is 0 Å². The molecule has 0 spiro atoms. The molecule has 28 heavy (non-hydrogen) atoms. The summed E-state index contributed by atoms with van der Waals surface area (Å²) in [7, 11) is 1.84. The number of pyridine rings is 1. The molecule has 2 atom stereocenters. The first-order valence-corrected chi connectivity index (χ1v) is 10.2. The lowest BCUT2D eigenvalue weighted by Crippen LogP contribution is -2.44. The fourth-order valence-electron chi connectivity index (χ4n) is 3.68. The van der Waals surface area contributed by atoms with Crippen LogP contribution < -0.4 is 5.32 Å². The van der Waals surface area contributed by atoms with E-state index in [0.29, 0.717) is 10.7 Å². The van der Waals surface area contributed by atoms with Gasteiger partial charge in [0, 0.05) is 43.6 Å². The van der Waals surface area contributed by atoms with Gasteiger partial charge in [0.2, 0.25) is 0 Å². The van der Waals surface area contributed by atoms with E-state index in [4.69, 9.17) is 4.74 Å². The van der Waals surface area contributed by atoms with Gasteiger partial charge in [0.05, 0.1) is 29.2 Å². The second-order valence-corrected chi connectivity index (χ2v) is 8.21. The molecule has 148 valence electrons. The summed E-state index contributed by atoms with van der Waals surface area (Å²) in [6.45, 7) is 8.62. The average molecular weight is 401 g/mol. The van der Waals surface area contributed by atoms with Crippen molar-refractivity contribution in [3.63, 3.8) is 0 Å². The third kappa shape index (κ3) is 3.91. The first-order valence-electron chi connectivity index (χ1n) is 9.32. The highest BCUT2D eigenvalue weighted by Crippen LogP contribution is 2.21. The van der Waals surface area contributed by atoms with Gasteiger partial charge < -0.3 is 4.74 Å². The van der Waals surface area contributed by atoms with Crippen molar-refractivity contribution in [2.24, 2.45) is 7.05 Å². The Kier molecular flexibility index (Phi) is 5.13. The first-order chi connectivity index (χ1) is 13.4. The Balaban J connectivity index is 1.43. The second kappa shape index (κ2) is 7.57. The van der Waals surface area contributed by atoms with E-state index >= 15 is 0 Å². The van der Waals surface area contributed by atoms with Crippen LogP contribution in [0.15, 0.2) is 17.6 Å². The zero-order chi connectivity index (χ0) is 19.8. The van der Waals surface area contributed by atoms with Crippen LogP contribution in [0.4, 0.5) is 5.13 Å². The van der Waals surface area contributed by atoms with Gasteiger partial charge in [0.25, 0.3) is 5.91 Å². The lowest BCUT2D eigenvalue weighted by Gasteiger charge is -2.34. The first kappa shape index (κ1) is 19.0. The lowest BCUT2D eigenvalue weighted by atomic mass is 10.2. The maximum absolute atomic E-state index is 12.6. The van der Waals surface area contributed by atoms with Crippen LogP contribution in [0, 0.1) is 6.92 Å². The Morgan fingerprint density at radius 1 is 1.36 bits per heavy atom. The number of anilines is 1. The summed E-state index contributed by atoms with van der Waals surface area (Å²) in [5, 5.41) is 10.7. The van der Waals surface area contributed by atoms with Gasteiger partial charge in [-0.1, -0.05) is 0 Å². The summed E-state index contributed by atoms with van der Waals surface area (Å²) in [5.74, 6) is -0.216. The molecular weight excluding hydrogens is 376 g/mol. The van der Waals surface area contributed by atoms with Gasteiger partial charge in [0.15, 0.2) is 10.8 Å². The predicted molar refractivity (Wildman–Crippen MR) is 109 cm³/mol. The number of fused-ring (bicyclic) bond motifs is 1. The summed E-state index contributed by atoms with van der Waals surface area (Å²) in [5.41, 5.74) is 3.07. The van der Waals surface area contributed by atoms with E-state index in [1.54, 1.807) is 10.9 Å². The van der Waals surface area contributed by atoms with Crippen molar-refractivity contribution in [1.82, 2.24) is 24.6 Å². The third-order valence-electron chi connectivity index (χ3n) is 4.78. The summed E-state index contributed by atoms with van der Waals surface area (Å²) >= 11 is 1.44. The fraction of sp³-hybridized carbons (Fsp3) is 0.474. The van der Waals surface area contributed by atoms with Crippen LogP contribution in [-0.4, -0.2) is 55.9 Å². The van der Waals surface area contributed by atoms with E-state index in [2.05, 4.69) is 39.1 Å². The average Bonchev–Trinajstić information content (AvgIpc) is 3.18. The summed E-state index contributed by atoms with van der Waals surface area (Å²) in [6, 6.07) is 1.82. The molecule has 0 saturated carbocycles. The molecule has 4 heterocycles. The number of aryl methyl sites for hydroxylation is 2. The maximum Gasteiger partial charge on any atom is 0.259 e. The number of hydrogen-bond donors (Lipinski definition) is 1. The van der Waals surface area contributed by atoms with Crippen molar-refractivity contribution in [2.45, 2.75) is 39.5 Å². The molecule has 8 nitrogen and oxygen atoms in total. The Morgan fingerprint density at radius 2 is 2.11 bits per heavy atom. The highest BCUT2D eigenvalue weighted by atomic mass is 32.1. The van der Waals surface area contributed by atoms with E-state index in [-0.39, 0.29) is 18.1 Å². The smallest absolute Gasteiger partial charge is 0.259 e. The second-order valence-electron chi connectivity index (χ2n) is 7.35. The van der Waals surface area contributed by atoms with Crippen molar-refractivity contribution in [3.8, 4) is 0 Å². The van der Waals surface area contributed by atoms with Gasteiger partial charge in [-0.15, -0.1) is 11.3 Å². The van der Waals surface area contributed by atoms with Crippen LogP contribution in [0.3, 0.4) is 0 Å². The highest BCUT2D eigenvalue weighted by molar-refractivity contribution is 7.14. The number of rotatable bonds is 4. The number of ether oxygens (including phenoxy) is 1. The van der Waals surface area contributed by atoms with Gasteiger partial charge in [-0.3, -0.25) is 19.7 Å². The highest BCUT2D eigenvalue weighted by Gasteiger charge is 2.23. The van der Waals surface area contributed by atoms with Crippen molar-refractivity contribution in [2.75, 3.05) is 18.4 Å². The van der Waals surface area contributed by atoms with E-state index in [1.165, 1.54) is 11.3 Å². The monoisotopic (exact) mass is 400 g/mol. The molecule has 9 heteroatoms. The number of aromatic nitrogens is 4. The molecule has 2 unspecified atom stereocenters. The minimum absolute atomic E-state index is 0.216. The van der Waals surface area contributed by atoms with Crippen molar-refractivity contribution in [1.29, 1.82) is 0 Å². The van der Waals surface area contributed by atoms with E-state index in [9.17, 15) is 4.79 Å². The number of amides is 1. The van der Waals surface area contributed by atoms with Crippen molar-refractivity contribution >= 4 is 33.4 Å². The molecule has 4 rings (SSSR count). The molecule has 1 aliphatic heterocycles. The Labute approximate surface area is 167 Å². The van der Waals surface area contributed by atoms with Gasteiger partial charge in [-0.2, -0.15) is 5.10 Å². The van der Waals surface area contributed by atoms with Crippen molar-refractivity contribution < 1.29 is 9.53 Å². The van der Waals surface area contributed by atoms with Gasteiger partial charge in [-0.25, -0.2) is 9.97 Å². The quantitative estimate of drug-likeness (QED) is 0.725. The predicted octanol–water partition coefficient (Wildman–Crippen LogP) is 2.59. The van der Waals surface area contributed by atoms with E-state index < -0.39 is 0 Å². The van der Waals surface area contributed by atoms with Crippen LogP contribution in [0.5, 0.6) is 0 Å². The number of nitrogens with one attached hydrogen (secondary N) is 1. The Hall–Kier alpha value is -2.36. The molecule has 0 radical (unpaired) electrons. The van der Waals surface area contributed by atoms with Gasteiger partial charge in [0.1, 0.15) is 0 Å². The van der Waals surface area contributed by atoms with Crippen LogP contribution in [0.25, 0.3) is 11.0 Å². The van der Waals surface area contributed by atoms with Gasteiger partial charge >= 0.3 is 0 Å². The minimum Gasteiger partial charge on any atom is -0.373 e. The number of carbonyl (C=O) groups is 1. The van der Waals surface area contributed by atoms with Crippen molar-refractivity contribution in [3.05, 3.63) is 34.6 Å². The Morgan fingerprint density at radius 3 is 2.86 bits per heavy atom. The minimum atomic E-state index is -0.216. The summed E-state index contributed by atoms with van der Waals surface area (Å²) in [6.07, 6.45) is 2.02. The lowest BCUT2D eigenvalue weighted by molar-refractivity contribution is -0.0707. The summed E-state index contributed by atoms with van der Waals surface area (Å²) < 4.78 is 7.49. The molecule has 1 saturated heterocycles. The molecule has 1 N–H and O–H groups in total. The zero-order valence-corrected chi connectivity index (χ0v) is 17.3. The largest absolute Gasteiger partial charge is 0.373 e. The molecular formula is C19H24N6O2S. The number of thiazole rings is 1.